The van der Waals surface area contributed by atoms with Gasteiger partial charge in [-0.05, 0) is 24.5 Å². The number of rotatable bonds is 5. The highest BCUT2D eigenvalue weighted by atomic mass is 16.6. The Hall–Kier alpha value is -2.43. The van der Waals surface area contributed by atoms with Crippen LogP contribution in [0, 0.1) is 10.1 Å². The van der Waals surface area contributed by atoms with Crippen LogP contribution >= 0.6 is 0 Å². The Morgan fingerprint density at radius 1 is 1.20 bits per heavy atom. The van der Waals surface area contributed by atoms with E-state index in [0.29, 0.717) is 6.04 Å². The Morgan fingerprint density at radius 3 is 2.50 bits per heavy atom. The smallest absolute Gasteiger partial charge is 0.287 e. The van der Waals surface area contributed by atoms with Crippen molar-refractivity contribution in [3.05, 3.63) is 64.3 Å². The Labute approximate surface area is 117 Å². The maximum atomic E-state index is 10.7. The lowest BCUT2D eigenvalue weighted by Crippen LogP contribution is -2.25. The van der Waals surface area contributed by atoms with Crippen LogP contribution in [-0.2, 0) is 6.54 Å². The maximum absolute atomic E-state index is 10.7. The van der Waals surface area contributed by atoms with Gasteiger partial charge in [0, 0.05) is 18.7 Å². The summed E-state index contributed by atoms with van der Waals surface area (Å²) in [5.41, 5.74) is 1.25. The van der Waals surface area contributed by atoms with E-state index in [1.54, 1.807) is 6.07 Å². The van der Waals surface area contributed by atoms with Gasteiger partial charge in [0.25, 0.3) is 5.69 Å². The first-order valence-electron chi connectivity index (χ1n) is 6.65. The van der Waals surface area contributed by atoms with Crippen LogP contribution in [0.1, 0.15) is 18.4 Å². The first-order chi connectivity index (χ1) is 9.74. The highest BCUT2D eigenvalue weighted by Crippen LogP contribution is 2.32. The van der Waals surface area contributed by atoms with Crippen LogP contribution in [0.4, 0.5) is 11.5 Å². The van der Waals surface area contributed by atoms with E-state index in [1.165, 1.54) is 17.8 Å². The van der Waals surface area contributed by atoms with E-state index in [4.69, 9.17) is 0 Å². The minimum absolute atomic E-state index is 0.0317. The van der Waals surface area contributed by atoms with Crippen molar-refractivity contribution in [2.45, 2.75) is 25.4 Å². The van der Waals surface area contributed by atoms with Gasteiger partial charge in [-0.2, -0.15) is 0 Å². The van der Waals surface area contributed by atoms with Gasteiger partial charge in [0.15, 0.2) is 0 Å². The zero-order valence-electron chi connectivity index (χ0n) is 11.0. The Bertz CT molecular complexity index is 594. The summed E-state index contributed by atoms with van der Waals surface area (Å²) in [5, 5.41) is 10.7. The molecule has 3 rings (SSSR count). The molecule has 1 aromatic heterocycles. The van der Waals surface area contributed by atoms with E-state index in [0.717, 1.165) is 25.2 Å². The number of pyridine rings is 1. The summed E-state index contributed by atoms with van der Waals surface area (Å²) in [7, 11) is 0. The van der Waals surface area contributed by atoms with Crippen molar-refractivity contribution >= 4 is 11.5 Å². The molecule has 0 saturated heterocycles. The minimum Gasteiger partial charge on any atom is -0.349 e. The third-order valence-corrected chi connectivity index (χ3v) is 3.42. The zero-order valence-corrected chi connectivity index (χ0v) is 11.0. The lowest BCUT2D eigenvalue weighted by molar-refractivity contribution is -0.385. The van der Waals surface area contributed by atoms with Gasteiger partial charge in [0.2, 0.25) is 0 Å². The fourth-order valence-corrected chi connectivity index (χ4v) is 2.22. The fraction of sp³-hybridized carbons (Fsp3) is 0.267. The molecule has 1 saturated carbocycles. The monoisotopic (exact) mass is 269 g/mol. The van der Waals surface area contributed by atoms with Gasteiger partial charge in [-0.15, -0.1) is 0 Å². The maximum Gasteiger partial charge on any atom is 0.287 e. The summed E-state index contributed by atoms with van der Waals surface area (Å²) in [6, 6.07) is 14.0. The highest BCUT2D eigenvalue weighted by Gasteiger charge is 2.30. The van der Waals surface area contributed by atoms with Crippen LogP contribution in [-0.4, -0.2) is 15.9 Å². The SMILES string of the molecule is O=[N+]([O-])c1ccc(N(Cc2ccccc2)C2CC2)nc1. The molecule has 1 aliphatic rings. The van der Waals surface area contributed by atoms with Crippen LogP contribution in [0.25, 0.3) is 0 Å². The molecule has 1 aromatic carbocycles. The van der Waals surface area contributed by atoms with Crippen molar-refractivity contribution in [1.29, 1.82) is 0 Å². The molecule has 0 spiro atoms. The molecule has 5 nitrogen and oxygen atoms in total. The van der Waals surface area contributed by atoms with Crippen molar-refractivity contribution in [3.8, 4) is 0 Å². The van der Waals surface area contributed by atoms with E-state index in [9.17, 15) is 10.1 Å². The lowest BCUT2D eigenvalue weighted by atomic mass is 10.2. The Balaban J connectivity index is 1.82. The van der Waals surface area contributed by atoms with Crippen molar-refractivity contribution in [3.63, 3.8) is 0 Å². The van der Waals surface area contributed by atoms with Gasteiger partial charge in [-0.3, -0.25) is 10.1 Å². The number of hydrogen-bond acceptors (Lipinski definition) is 4. The van der Waals surface area contributed by atoms with Crippen LogP contribution in [0.15, 0.2) is 48.7 Å². The number of anilines is 1. The summed E-state index contributed by atoms with van der Waals surface area (Å²) < 4.78 is 0. The standard InChI is InChI=1S/C15H15N3O2/c19-18(20)14-8-9-15(16-10-14)17(13-6-7-13)11-12-4-2-1-3-5-12/h1-5,8-10,13H,6-7,11H2. The normalized spacial score (nSPS) is 14.0. The van der Waals surface area contributed by atoms with E-state index in [-0.39, 0.29) is 5.69 Å². The van der Waals surface area contributed by atoms with Gasteiger partial charge in [0.05, 0.1) is 4.92 Å². The fourth-order valence-electron chi connectivity index (χ4n) is 2.22. The zero-order chi connectivity index (χ0) is 13.9. The summed E-state index contributed by atoms with van der Waals surface area (Å²) in [6.45, 7) is 0.788. The first kappa shape index (κ1) is 12.6. The van der Waals surface area contributed by atoms with Crippen molar-refractivity contribution in [2.24, 2.45) is 0 Å². The molecule has 0 bridgehead atoms. The molecule has 1 heterocycles. The van der Waals surface area contributed by atoms with Gasteiger partial charge >= 0.3 is 0 Å². The molecule has 0 atom stereocenters. The van der Waals surface area contributed by atoms with Crippen molar-refractivity contribution in [1.82, 2.24) is 4.98 Å². The third-order valence-electron chi connectivity index (χ3n) is 3.42. The molecule has 0 aliphatic heterocycles. The number of hydrogen-bond donors (Lipinski definition) is 0. The van der Waals surface area contributed by atoms with Crippen molar-refractivity contribution in [2.75, 3.05) is 4.90 Å². The minimum atomic E-state index is -0.421. The Morgan fingerprint density at radius 2 is 1.95 bits per heavy atom. The Kier molecular flexibility index (Phi) is 3.33. The molecule has 0 amide bonds. The topological polar surface area (TPSA) is 59.3 Å². The molecule has 20 heavy (non-hydrogen) atoms. The lowest BCUT2D eigenvalue weighted by Gasteiger charge is -2.23. The second-order valence-electron chi connectivity index (χ2n) is 4.98. The molecule has 2 aromatic rings. The van der Waals surface area contributed by atoms with Crippen LogP contribution < -0.4 is 4.90 Å². The van der Waals surface area contributed by atoms with E-state index in [2.05, 4.69) is 22.0 Å². The van der Waals surface area contributed by atoms with E-state index in [1.807, 2.05) is 18.2 Å². The molecule has 102 valence electrons. The number of benzene rings is 1. The number of nitro groups is 1. The predicted octanol–water partition coefficient (Wildman–Crippen LogP) is 3.16. The predicted molar refractivity (Wildman–Crippen MR) is 76.5 cm³/mol. The van der Waals surface area contributed by atoms with Crippen molar-refractivity contribution < 1.29 is 4.92 Å². The second kappa shape index (κ2) is 5.28. The second-order valence-corrected chi connectivity index (χ2v) is 4.98. The molecule has 0 unspecified atom stereocenters. The number of nitrogens with zero attached hydrogens (tertiary/aromatic N) is 3. The quantitative estimate of drug-likeness (QED) is 0.618. The van der Waals surface area contributed by atoms with Gasteiger partial charge in [0.1, 0.15) is 12.0 Å². The van der Waals surface area contributed by atoms with Gasteiger partial charge in [-0.25, -0.2) is 4.98 Å². The molecule has 1 fully saturated rings. The van der Waals surface area contributed by atoms with Crippen LogP contribution in [0.2, 0.25) is 0 Å². The van der Waals surface area contributed by atoms with E-state index >= 15 is 0 Å². The van der Waals surface area contributed by atoms with Gasteiger partial charge < -0.3 is 4.90 Å². The molecule has 0 N–H and O–H groups in total. The average molecular weight is 269 g/mol. The molecular formula is C15H15N3O2. The molecule has 5 heteroatoms. The summed E-state index contributed by atoms with van der Waals surface area (Å²) in [4.78, 5) is 16.7. The summed E-state index contributed by atoms with van der Waals surface area (Å²) in [6.07, 6.45) is 3.65. The van der Waals surface area contributed by atoms with Gasteiger partial charge in [-0.1, -0.05) is 30.3 Å². The average Bonchev–Trinajstić information content (AvgIpc) is 3.30. The first-order valence-corrected chi connectivity index (χ1v) is 6.65. The molecule has 1 aliphatic carbocycles. The molecule has 0 radical (unpaired) electrons. The summed E-state index contributed by atoms with van der Waals surface area (Å²) in [5.74, 6) is 0.807. The summed E-state index contributed by atoms with van der Waals surface area (Å²) >= 11 is 0. The van der Waals surface area contributed by atoms with E-state index < -0.39 is 4.92 Å². The number of aromatic nitrogens is 1. The highest BCUT2D eigenvalue weighted by molar-refractivity contribution is 5.45. The van der Waals surface area contributed by atoms with Crippen LogP contribution in [0.5, 0.6) is 0 Å². The van der Waals surface area contributed by atoms with Crippen LogP contribution in [0.3, 0.4) is 0 Å². The largest absolute Gasteiger partial charge is 0.349 e. The molecular weight excluding hydrogens is 254 g/mol. The third kappa shape index (κ3) is 2.77.